The number of carbonyl (C=O) groups excluding carboxylic acids is 1. The zero-order chi connectivity index (χ0) is 19.4. The van der Waals surface area contributed by atoms with Crippen LogP contribution in [0.2, 0.25) is 0 Å². The number of hydrogen-bond acceptors (Lipinski definition) is 3. The molecule has 3 aromatic rings. The lowest BCUT2D eigenvalue weighted by Gasteiger charge is -2.40. The van der Waals surface area contributed by atoms with Gasteiger partial charge in [0.05, 0.1) is 12.0 Å². The summed E-state index contributed by atoms with van der Waals surface area (Å²) in [6.45, 7) is 1.13. The van der Waals surface area contributed by atoms with Gasteiger partial charge in [0.25, 0.3) is 0 Å². The molecule has 4 rings (SSSR count). The summed E-state index contributed by atoms with van der Waals surface area (Å²) >= 11 is 0. The molecule has 1 heterocycles. The molecule has 1 saturated carbocycles. The molecule has 1 aliphatic carbocycles. The molecule has 1 aromatic heterocycles. The normalized spacial score (nSPS) is 14.9. The van der Waals surface area contributed by atoms with Crippen molar-refractivity contribution < 1.29 is 13.9 Å². The van der Waals surface area contributed by atoms with Gasteiger partial charge in [-0.3, -0.25) is 9.48 Å². The van der Waals surface area contributed by atoms with Gasteiger partial charge in [-0.1, -0.05) is 24.6 Å². The van der Waals surface area contributed by atoms with Gasteiger partial charge in [-0.15, -0.1) is 0 Å². The number of ether oxygens (including phenoxy) is 1. The molecule has 0 atom stereocenters. The number of halogens is 1. The number of benzene rings is 2. The van der Waals surface area contributed by atoms with Gasteiger partial charge in [0.15, 0.2) is 0 Å². The van der Waals surface area contributed by atoms with Crippen LogP contribution in [0.25, 0.3) is 0 Å². The molecular weight excluding hydrogens is 357 g/mol. The quantitative estimate of drug-likeness (QED) is 0.671. The van der Waals surface area contributed by atoms with Crippen molar-refractivity contribution in [3.8, 4) is 5.75 Å². The molecule has 1 fully saturated rings. The summed E-state index contributed by atoms with van der Waals surface area (Å²) in [4.78, 5) is 13.0. The number of carbonyl (C=O) groups is 1. The molecule has 1 N–H and O–H groups in total. The third-order valence-corrected chi connectivity index (χ3v) is 5.28. The Kier molecular flexibility index (Phi) is 5.10. The van der Waals surface area contributed by atoms with Crippen LogP contribution in [0.15, 0.2) is 67.0 Å². The fourth-order valence-electron chi connectivity index (χ4n) is 3.55. The number of rotatable bonds is 7. The molecular formula is C22H22FN3O2. The molecule has 0 unspecified atom stereocenters. The maximum absolute atomic E-state index is 13.3. The Balaban J connectivity index is 1.41. The van der Waals surface area contributed by atoms with Gasteiger partial charge in [-0.25, -0.2) is 4.39 Å². The van der Waals surface area contributed by atoms with E-state index < -0.39 is 5.41 Å². The van der Waals surface area contributed by atoms with Crippen molar-refractivity contribution in [2.75, 3.05) is 11.9 Å². The molecule has 1 amide bonds. The van der Waals surface area contributed by atoms with Crippen molar-refractivity contribution in [2.45, 2.75) is 31.2 Å². The van der Waals surface area contributed by atoms with E-state index in [-0.39, 0.29) is 11.7 Å². The zero-order valence-electron chi connectivity index (χ0n) is 15.5. The predicted molar refractivity (Wildman–Crippen MR) is 105 cm³/mol. The van der Waals surface area contributed by atoms with Gasteiger partial charge in [-0.2, -0.15) is 5.10 Å². The second-order valence-electron chi connectivity index (χ2n) is 7.04. The minimum absolute atomic E-state index is 0.0564. The van der Waals surface area contributed by atoms with E-state index in [1.165, 1.54) is 12.1 Å². The van der Waals surface area contributed by atoms with Crippen LogP contribution in [0.3, 0.4) is 0 Å². The number of hydrogen-bond donors (Lipinski definition) is 1. The van der Waals surface area contributed by atoms with Crippen LogP contribution in [-0.2, 0) is 16.8 Å². The molecule has 0 aliphatic heterocycles. The van der Waals surface area contributed by atoms with Crippen LogP contribution in [0, 0.1) is 5.82 Å². The van der Waals surface area contributed by atoms with E-state index in [1.807, 2.05) is 36.5 Å². The highest BCUT2D eigenvalue weighted by Crippen LogP contribution is 2.44. The third-order valence-electron chi connectivity index (χ3n) is 5.28. The summed E-state index contributed by atoms with van der Waals surface area (Å²) in [6, 6.07) is 15.5. The molecule has 28 heavy (non-hydrogen) atoms. The number of nitrogens with one attached hydrogen (secondary N) is 1. The van der Waals surface area contributed by atoms with Crippen LogP contribution in [0.5, 0.6) is 5.75 Å². The van der Waals surface area contributed by atoms with E-state index in [9.17, 15) is 9.18 Å². The Morgan fingerprint density at radius 2 is 2.00 bits per heavy atom. The Labute approximate surface area is 163 Å². The van der Waals surface area contributed by atoms with Crippen LogP contribution >= 0.6 is 0 Å². The smallest absolute Gasteiger partial charge is 0.235 e. The zero-order valence-corrected chi connectivity index (χ0v) is 15.5. The minimum Gasteiger partial charge on any atom is -0.492 e. The average molecular weight is 379 g/mol. The predicted octanol–water partition coefficient (Wildman–Crippen LogP) is 4.16. The molecule has 1 aliphatic rings. The Morgan fingerprint density at radius 1 is 1.18 bits per heavy atom. The fraction of sp³-hybridized carbons (Fsp3) is 0.273. The Hall–Kier alpha value is -3.15. The molecule has 144 valence electrons. The average Bonchev–Trinajstić information content (AvgIpc) is 3.16. The van der Waals surface area contributed by atoms with E-state index in [0.29, 0.717) is 24.6 Å². The molecule has 0 bridgehead atoms. The molecule has 6 heteroatoms. The Morgan fingerprint density at radius 3 is 2.68 bits per heavy atom. The highest BCUT2D eigenvalue weighted by atomic mass is 19.1. The summed E-state index contributed by atoms with van der Waals surface area (Å²) in [5, 5.41) is 7.15. The molecule has 0 radical (unpaired) electrons. The summed E-state index contributed by atoms with van der Waals surface area (Å²) in [7, 11) is 0. The minimum atomic E-state index is -0.579. The van der Waals surface area contributed by atoms with Crippen LogP contribution in [-0.4, -0.2) is 22.3 Å². The van der Waals surface area contributed by atoms with Crippen molar-refractivity contribution in [3.05, 3.63) is 78.4 Å². The Bertz CT molecular complexity index is 935. The van der Waals surface area contributed by atoms with E-state index >= 15 is 0 Å². The van der Waals surface area contributed by atoms with Gasteiger partial charge < -0.3 is 10.1 Å². The first-order valence-corrected chi connectivity index (χ1v) is 9.44. The SMILES string of the molecule is O=C(Nc1cccc(OCCn2cccn2)c1)C1(c2ccc(F)cc2)CCC1. The topological polar surface area (TPSA) is 56.1 Å². The van der Waals surface area contributed by atoms with Gasteiger partial charge in [-0.05, 0) is 48.7 Å². The first kappa shape index (κ1) is 18.2. The molecule has 0 spiro atoms. The first-order chi connectivity index (χ1) is 13.7. The maximum atomic E-state index is 13.3. The molecule has 5 nitrogen and oxygen atoms in total. The third kappa shape index (κ3) is 3.76. The van der Waals surface area contributed by atoms with Gasteiger partial charge in [0.2, 0.25) is 5.91 Å². The number of amides is 1. The number of aromatic nitrogens is 2. The highest BCUT2D eigenvalue weighted by Gasteiger charge is 2.45. The van der Waals surface area contributed by atoms with Crippen LogP contribution < -0.4 is 10.1 Å². The first-order valence-electron chi connectivity index (χ1n) is 9.44. The van der Waals surface area contributed by atoms with E-state index in [0.717, 1.165) is 24.8 Å². The van der Waals surface area contributed by atoms with E-state index in [2.05, 4.69) is 10.4 Å². The summed E-state index contributed by atoms with van der Waals surface area (Å²) in [5.41, 5.74) is 0.976. The lowest BCUT2D eigenvalue weighted by Crippen LogP contribution is -2.46. The van der Waals surface area contributed by atoms with E-state index in [1.54, 1.807) is 23.0 Å². The van der Waals surface area contributed by atoms with Gasteiger partial charge >= 0.3 is 0 Å². The van der Waals surface area contributed by atoms with Crippen LogP contribution in [0.1, 0.15) is 24.8 Å². The molecule has 0 saturated heterocycles. The molecule has 2 aromatic carbocycles. The van der Waals surface area contributed by atoms with Crippen molar-refractivity contribution in [2.24, 2.45) is 0 Å². The largest absolute Gasteiger partial charge is 0.492 e. The van der Waals surface area contributed by atoms with Crippen molar-refractivity contribution >= 4 is 11.6 Å². The summed E-state index contributed by atoms with van der Waals surface area (Å²) < 4.78 is 20.8. The number of nitrogens with zero attached hydrogens (tertiary/aromatic N) is 2. The van der Waals surface area contributed by atoms with Crippen LogP contribution in [0.4, 0.5) is 10.1 Å². The fourth-order valence-corrected chi connectivity index (χ4v) is 3.55. The van der Waals surface area contributed by atoms with Crippen molar-refractivity contribution in [1.29, 1.82) is 0 Å². The second kappa shape index (κ2) is 7.84. The second-order valence-corrected chi connectivity index (χ2v) is 7.04. The van der Waals surface area contributed by atoms with Crippen molar-refractivity contribution in [1.82, 2.24) is 9.78 Å². The van der Waals surface area contributed by atoms with Gasteiger partial charge in [0, 0.05) is 24.1 Å². The highest BCUT2D eigenvalue weighted by molar-refractivity contribution is 6.00. The van der Waals surface area contributed by atoms with Crippen molar-refractivity contribution in [3.63, 3.8) is 0 Å². The summed E-state index contributed by atoms with van der Waals surface area (Å²) in [5.74, 6) is 0.340. The van der Waals surface area contributed by atoms with Gasteiger partial charge in [0.1, 0.15) is 18.2 Å². The number of anilines is 1. The lowest BCUT2D eigenvalue weighted by atomic mass is 9.64. The lowest BCUT2D eigenvalue weighted by molar-refractivity contribution is -0.124. The summed E-state index contributed by atoms with van der Waals surface area (Å²) in [6.07, 6.45) is 6.14. The maximum Gasteiger partial charge on any atom is 0.235 e. The monoisotopic (exact) mass is 379 g/mol. The van der Waals surface area contributed by atoms with E-state index in [4.69, 9.17) is 4.74 Å². The standard InChI is InChI=1S/C22H22FN3O2/c23-18-8-6-17(7-9-18)22(10-2-11-22)21(27)25-19-4-1-5-20(16-19)28-15-14-26-13-3-12-24-26/h1,3-9,12-13,16H,2,10-11,14-15H2,(H,25,27).